The fourth-order valence-electron chi connectivity index (χ4n) is 1.81. The normalized spacial score (nSPS) is 11.8. The summed E-state index contributed by atoms with van der Waals surface area (Å²) < 4.78 is 23.2. The first-order valence-corrected chi connectivity index (χ1v) is 8.64. The lowest BCUT2D eigenvalue weighted by atomic mass is 10.1. The van der Waals surface area contributed by atoms with Gasteiger partial charge in [-0.1, -0.05) is 11.6 Å². The minimum atomic E-state index is -3.94. The summed E-state index contributed by atoms with van der Waals surface area (Å²) in [5, 5.41) is 5.29. The van der Waals surface area contributed by atoms with Crippen LogP contribution >= 0.6 is 27.5 Å². The Bertz CT molecular complexity index is 632. The standard InChI is InChI=1S/C12H16BrClN2O3S/c1-4-16(7(2)3)12(17)8-5-11(20(15,18)19)9(13)6-10(8)14/h5-7H,4H2,1-3H3,(H2,15,18,19). The molecule has 5 nitrogen and oxygen atoms in total. The van der Waals surface area contributed by atoms with Crippen molar-refractivity contribution in [1.29, 1.82) is 0 Å². The van der Waals surface area contributed by atoms with E-state index in [4.69, 9.17) is 16.7 Å². The summed E-state index contributed by atoms with van der Waals surface area (Å²) in [5.41, 5.74) is 0.120. The number of hydrogen-bond acceptors (Lipinski definition) is 3. The molecule has 0 radical (unpaired) electrons. The van der Waals surface area contributed by atoms with E-state index in [0.717, 1.165) is 0 Å². The van der Waals surface area contributed by atoms with Crippen molar-refractivity contribution >= 4 is 43.5 Å². The molecule has 0 fully saturated rings. The highest BCUT2D eigenvalue weighted by atomic mass is 79.9. The zero-order valence-electron chi connectivity index (χ0n) is 11.4. The van der Waals surface area contributed by atoms with Crippen molar-refractivity contribution in [2.24, 2.45) is 5.14 Å². The SMILES string of the molecule is CCN(C(=O)c1cc(S(N)(=O)=O)c(Br)cc1Cl)C(C)C. The van der Waals surface area contributed by atoms with Gasteiger partial charge < -0.3 is 4.90 Å². The molecule has 0 aromatic heterocycles. The minimum absolute atomic E-state index is 0.0230. The van der Waals surface area contributed by atoms with Crippen LogP contribution in [0.15, 0.2) is 21.5 Å². The van der Waals surface area contributed by atoms with Gasteiger partial charge in [-0.25, -0.2) is 13.6 Å². The maximum Gasteiger partial charge on any atom is 0.255 e. The molecule has 0 bridgehead atoms. The Morgan fingerprint density at radius 2 is 2.00 bits per heavy atom. The number of rotatable bonds is 4. The number of benzene rings is 1. The molecule has 1 rings (SSSR count). The van der Waals surface area contributed by atoms with E-state index < -0.39 is 10.0 Å². The molecule has 0 saturated heterocycles. The number of carbonyl (C=O) groups is 1. The van der Waals surface area contributed by atoms with Crippen LogP contribution in [0.1, 0.15) is 31.1 Å². The zero-order valence-corrected chi connectivity index (χ0v) is 14.5. The Morgan fingerprint density at radius 1 is 1.45 bits per heavy atom. The van der Waals surface area contributed by atoms with E-state index >= 15 is 0 Å². The monoisotopic (exact) mass is 382 g/mol. The van der Waals surface area contributed by atoms with Gasteiger partial charge in [0.2, 0.25) is 10.0 Å². The molecular weight excluding hydrogens is 368 g/mol. The highest BCUT2D eigenvalue weighted by Crippen LogP contribution is 2.29. The molecule has 0 atom stereocenters. The smallest absolute Gasteiger partial charge is 0.255 e. The van der Waals surface area contributed by atoms with Crippen molar-refractivity contribution in [2.45, 2.75) is 31.7 Å². The third-order valence-electron chi connectivity index (χ3n) is 2.78. The average molecular weight is 384 g/mol. The van der Waals surface area contributed by atoms with Crippen molar-refractivity contribution in [1.82, 2.24) is 4.90 Å². The molecule has 2 N–H and O–H groups in total. The predicted octanol–water partition coefficient (Wildman–Crippen LogP) is 2.62. The van der Waals surface area contributed by atoms with Crippen LogP contribution in [0.3, 0.4) is 0 Å². The second-order valence-corrected chi connectivity index (χ2v) is 7.28. The van der Waals surface area contributed by atoms with E-state index in [-0.39, 0.29) is 31.9 Å². The van der Waals surface area contributed by atoms with Crippen LogP contribution in [0.2, 0.25) is 5.02 Å². The van der Waals surface area contributed by atoms with Gasteiger partial charge in [0.15, 0.2) is 0 Å². The molecule has 0 unspecified atom stereocenters. The van der Waals surface area contributed by atoms with E-state index in [9.17, 15) is 13.2 Å². The van der Waals surface area contributed by atoms with Gasteiger partial charge in [-0.05, 0) is 48.8 Å². The Morgan fingerprint density at radius 3 is 2.40 bits per heavy atom. The number of carbonyl (C=O) groups excluding carboxylic acids is 1. The van der Waals surface area contributed by atoms with Crippen molar-refractivity contribution in [3.8, 4) is 0 Å². The summed E-state index contributed by atoms with van der Waals surface area (Å²) in [6, 6.07) is 2.54. The van der Waals surface area contributed by atoms with Gasteiger partial charge in [0.25, 0.3) is 5.91 Å². The lowest BCUT2D eigenvalue weighted by Crippen LogP contribution is -2.37. The fourth-order valence-corrected chi connectivity index (χ4v) is 3.82. The number of primary sulfonamides is 1. The van der Waals surface area contributed by atoms with Gasteiger partial charge in [-0.3, -0.25) is 4.79 Å². The molecule has 0 aliphatic rings. The maximum atomic E-state index is 12.4. The number of amides is 1. The van der Waals surface area contributed by atoms with Crippen LogP contribution in [-0.2, 0) is 10.0 Å². The number of sulfonamides is 1. The lowest BCUT2D eigenvalue weighted by Gasteiger charge is -2.25. The van der Waals surface area contributed by atoms with E-state index in [0.29, 0.717) is 6.54 Å². The third-order valence-corrected chi connectivity index (χ3v) is 4.97. The van der Waals surface area contributed by atoms with Crippen LogP contribution in [0.25, 0.3) is 0 Å². The molecule has 0 aliphatic carbocycles. The summed E-state index contributed by atoms with van der Waals surface area (Å²) >= 11 is 9.12. The van der Waals surface area contributed by atoms with Gasteiger partial charge in [0.1, 0.15) is 0 Å². The Balaban J connectivity index is 3.43. The van der Waals surface area contributed by atoms with Gasteiger partial charge in [0, 0.05) is 17.1 Å². The molecule has 0 aliphatic heterocycles. The van der Waals surface area contributed by atoms with E-state index in [1.165, 1.54) is 12.1 Å². The van der Waals surface area contributed by atoms with Crippen molar-refractivity contribution < 1.29 is 13.2 Å². The van der Waals surface area contributed by atoms with Crippen LogP contribution in [0.4, 0.5) is 0 Å². The summed E-state index contributed by atoms with van der Waals surface area (Å²) in [7, 11) is -3.94. The summed E-state index contributed by atoms with van der Waals surface area (Å²) in [6.07, 6.45) is 0. The number of nitrogens with two attached hydrogens (primary N) is 1. The maximum absolute atomic E-state index is 12.4. The highest BCUT2D eigenvalue weighted by molar-refractivity contribution is 9.10. The molecule has 112 valence electrons. The first-order chi connectivity index (χ1) is 9.09. The van der Waals surface area contributed by atoms with Crippen molar-refractivity contribution in [2.75, 3.05) is 6.54 Å². The van der Waals surface area contributed by atoms with Gasteiger partial charge in [-0.15, -0.1) is 0 Å². The molecule has 0 spiro atoms. The first-order valence-electron chi connectivity index (χ1n) is 5.92. The average Bonchev–Trinajstić information content (AvgIpc) is 2.27. The lowest BCUT2D eigenvalue weighted by molar-refractivity contribution is 0.0717. The predicted molar refractivity (Wildman–Crippen MR) is 82.4 cm³/mol. The van der Waals surface area contributed by atoms with Gasteiger partial charge in [-0.2, -0.15) is 0 Å². The second kappa shape index (κ2) is 6.43. The summed E-state index contributed by atoms with van der Waals surface area (Å²) in [5.74, 6) is -0.329. The second-order valence-electron chi connectivity index (χ2n) is 4.49. The van der Waals surface area contributed by atoms with Crippen molar-refractivity contribution in [3.05, 3.63) is 27.2 Å². The van der Waals surface area contributed by atoms with Gasteiger partial charge >= 0.3 is 0 Å². The Kier molecular flexibility index (Phi) is 5.60. The van der Waals surface area contributed by atoms with Gasteiger partial charge in [0.05, 0.1) is 15.5 Å². The van der Waals surface area contributed by atoms with Crippen molar-refractivity contribution in [3.63, 3.8) is 0 Å². The molecule has 1 aromatic rings. The molecule has 0 heterocycles. The molecule has 1 amide bonds. The van der Waals surface area contributed by atoms with Crippen LogP contribution < -0.4 is 5.14 Å². The van der Waals surface area contributed by atoms with Crippen LogP contribution in [-0.4, -0.2) is 31.8 Å². The van der Waals surface area contributed by atoms with E-state index in [1.54, 1.807) is 4.90 Å². The highest BCUT2D eigenvalue weighted by Gasteiger charge is 2.23. The summed E-state index contributed by atoms with van der Waals surface area (Å²) in [4.78, 5) is 13.8. The zero-order chi connectivity index (χ0) is 15.7. The minimum Gasteiger partial charge on any atom is -0.336 e. The summed E-state index contributed by atoms with van der Waals surface area (Å²) in [6.45, 7) is 6.07. The number of nitrogens with zero attached hydrogens (tertiary/aromatic N) is 1. The molecular formula is C12H16BrClN2O3S. The molecule has 8 heteroatoms. The molecule has 0 saturated carbocycles. The van der Waals surface area contributed by atoms with E-state index in [2.05, 4.69) is 15.9 Å². The topological polar surface area (TPSA) is 80.5 Å². The van der Waals surface area contributed by atoms with E-state index in [1.807, 2.05) is 20.8 Å². The first kappa shape index (κ1) is 17.4. The molecule has 20 heavy (non-hydrogen) atoms. The Labute approximate surface area is 132 Å². The quantitative estimate of drug-likeness (QED) is 0.868. The fraction of sp³-hybridized carbons (Fsp3) is 0.417. The third kappa shape index (κ3) is 3.72. The molecule has 1 aromatic carbocycles. The van der Waals surface area contributed by atoms with Crippen LogP contribution in [0, 0.1) is 0 Å². The number of halogens is 2. The largest absolute Gasteiger partial charge is 0.336 e. The number of hydrogen-bond donors (Lipinski definition) is 1. The Hall–Kier alpha value is -0.630. The van der Waals surface area contributed by atoms with Crippen LogP contribution in [0.5, 0.6) is 0 Å².